The van der Waals surface area contributed by atoms with Crippen LogP contribution >= 0.6 is 0 Å². The molecule has 0 aliphatic heterocycles. The summed E-state index contributed by atoms with van der Waals surface area (Å²) >= 11 is 0. The van der Waals surface area contributed by atoms with E-state index in [2.05, 4.69) is 23.3 Å². The molecule has 146 valence electrons. The van der Waals surface area contributed by atoms with Gasteiger partial charge in [-0.25, -0.2) is 0 Å². The number of aromatic nitrogens is 1. The molecule has 2 aromatic heterocycles. The number of rotatable bonds is 4. The van der Waals surface area contributed by atoms with E-state index in [4.69, 9.17) is 4.42 Å². The van der Waals surface area contributed by atoms with E-state index in [1.165, 1.54) is 0 Å². The summed E-state index contributed by atoms with van der Waals surface area (Å²) < 4.78 is 6.37. The Morgan fingerprint density at radius 1 is 1.00 bits per heavy atom. The van der Waals surface area contributed by atoms with Gasteiger partial charge in [0.2, 0.25) is 0 Å². The molecule has 0 spiro atoms. The van der Waals surface area contributed by atoms with Crippen LogP contribution < -0.4 is 10.7 Å². The fourth-order valence-corrected chi connectivity index (χ4v) is 3.64. The van der Waals surface area contributed by atoms with Gasteiger partial charge in [-0.2, -0.15) is 0 Å². The van der Waals surface area contributed by atoms with Crippen molar-refractivity contribution in [2.24, 2.45) is 0 Å². The fraction of sp³-hybridized carbons (Fsp3) is 0.200. The molecule has 4 nitrogen and oxygen atoms in total. The van der Waals surface area contributed by atoms with Crippen LogP contribution in [0.15, 0.2) is 70.0 Å². The molecule has 2 heterocycles. The minimum absolute atomic E-state index is 0.0132. The van der Waals surface area contributed by atoms with Crippen LogP contribution in [0.2, 0.25) is 0 Å². The molecule has 2 aromatic carbocycles. The predicted octanol–water partition coefficient (Wildman–Crippen LogP) is 5.95. The quantitative estimate of drug-likeness (QED) is 0.472. The van der Waals surface area contributed by atoms with Crippen molar-refractivity contribution >= 4 is 16.7 Å². The van der Waals surface area contributed by atoms with E-state index in [0.717, 1.165) is 28.1 Å². The van der Waals surface area contributed by atoms with Crippen LogP contribution in [-0.4, -0.2) is 4.98 Å². The Morgan fingerprint density at radius 2 is 1.76 bits per heavy atom. The standard InChI is InChI=1S/C25H24N2O2/c1-15-12-21(18(4)27-20-11-10-16(2)26-14-20)25-22(13-15)23(28)17(3)24(29-25)19-8-6-5-7-9-19/h5-14,18,27H,1-4H3/t18-/m1/s1. The first-order valence-corrected chi connectivity index (χ1v) is 9.76. The van der Waals surface area contributed by atoms with E-state index in [1.54, 1.807) is 0 Å². The summed E-state index contributed by atoms with van der Waals surface area (Å²) in [7, 11) is 0. The largest absolute Gasteiger partial charge is 0.455 e. The first-order valence-electron chi connectivity index (χ1n) is 9.76. The first kappa shape index (κ1) is 18.9. The van der Waals surface area contributed by atoms with E-state index in [9.17, 15) is 4.79 Å². The van der Waals surface area contributed by atoms with Crippen LogP contribution in [0.5, 0.6) is 0 Å². The molecule has 0 bridgehead atoms. The number of benzene rings is 2. The summed E-state index contributed by atoms with van der Waals surface area (Å²) in [4.78, 5) is 17.5. The highest BCUT2D eigenvalue weighted by Gasteiger charge is 2.18. The second-order valence-electron chi connectivity index (χ2n) is 7.54. The molecule has 0 saturated carbocycles. The molecule has 1 N–H and O–H groups in total. The monoisotopic (exact) mass is 384 g/mol. The van der Waals surface area contributed by atoms with Gasteiger partial charge in [-0.05, 0) is 51.5 Å². The van der Waals surface area contributed by atoms with Crippen LogP contribution in [0.4, 0.5) is 5.69 Å². The summed E-state index contributed by atoms with van der Waals surface area (Å²) in [6.07, 6.45) is 1.82. The van der Waals surface area contributed by atoms with Gasteiger partial charge in [0, 0.05) is 22.4 Å². The van der Waals surface area contributed by atoms with Gasteiger partial charge in [0.15, 0.2) is 5.43 Å². The highest BCUT2D eigenvalue weighted by Crippen LogP contribution is 2.31. The molecule has 4 heteroatoms. The minimum Gasteiger partial charge on any atom is -0.455 e. The summed E-state index contributed by atoms with van der Waals surface area (Å²) in [5.41, 5.74) is 6.05. The summed E-state index contributed by atoms with van der Waals surface area (Å²) in [5.74, 6) is 0.623. The molecule has 0 fully saturated rings. The van der Waals surface area contributed by atoms with E-state index in [1.807, 2.05) is 75.5 Å². The number of nitrogens with one attached hydrogen (secondary N) is 1. The Morgan fingerprint density at radius 3 is 2.45 bits per heavy atom. The molecule has 29 heavy (non-hydrogen) atoms. The van der Waals surface area contributed by atoms with Gasteiger partial charge >= 0.3 is 0 Å². The molecule has 0 aliphatic carbocycles. The third kappa shape index (κ3) is 3.66. The van der Waals surface area contributed by atoms with Crippen molar-refractivity contribution in [3.63, 3.8) is 0 Å². The molecule has 0 saturated heterocycles. The molecule has 0 unspecified atom stereocenters. The van der Waals surface area contributed by atoms with Crippen molar-refractivity contribution in [3.8, 4) is 11.3 Å². The average Bonchev–Trinajstić information content (AvgIpc) is 2.72. The third-order valence-corrected chi connectivity index (χ3v) is 5.19. The topological polar surface area (TPSA) is 55.1 Å². The molecule has 0 aliphatic rings. The number of hydrogen-bond donors (Lipinski definition) is 1. The zero-order valence-electron chi connectivity index (χ0n) is 17.1. The normalized spacial score (nSPS) is 12.1. The fourth-order valence-electron chi connectivity index (χ4n) is 3.64. The smallest absolute Gasteiger partial charge is 0.196 e. The van der Waals surface area contributed by atoms with Gasteiger partial charge in [-0.1, -0.05) is 36.4 Å². The van der Waals surface area contributed by atoms with E-state index in [0.29, 0.717) is 22.3 Å². The van der Waals surface area contributed by atoms with Crippen LogP contribution in [0, 0.1) is 20.8 Å². The first-order chi connectivity index (χ1) is 13.9. The zero-order valence-corrected chi connectivity index (χ0v) is 17.1. The predicted molar refractivity (Wildman–Crippen MR) is 118 cm³/mol. The molecule has 4 aromatic rings. The Bertz CT molecular complexity index is 1230. The van der Waals surface area contributed by atoms with Crippen LogP contribution in [0.3, 0.4) is 0 Å². The Kier molecular flexibility index (Phi) is 4.93. The van der Waals surface area contributed by atoms with Gasteiger partial charge in [-0.3, -0.25) is 9.78 Å². The van der Waals surface area contributed by atoms with Gasteiger partial charge in [0.05, 0.1) is 23.3 Å². The van der Waals surface area contributed by atoms with Crippen molar-refractivity contribution in [2.45, 2.75) is 33.7 Å². The van der Waals surface area contributed by atoms with Crippen molar-refractivity contribution in [2.75, 3.05) is 5.32 Å². The summed E-state index contributed by atoms with van der Waals surface area (Å²) in [5, 5.41) is 4.09. The van der Waals surface area contributed by atoms with E-state index < -0.39 is 0 Å². The van der Waals surface area contributed by atoms with Crippen molar-refractivity contribution in [3.05, 3.63) is 93.4 Å². The van der Waals surface area contributed by atoms with Crippen LogP contribution in [0.25, 0.3) is 22.3 Å². The summed E-state index contributed by atoms with van der Waals surface area (Å²) in [6, 6.07) is 17.7. The lowest BCUT2D eigenvalue weighted by Gasteiger charge is -2.18. The second-order valence-corrected chi connectivity index (χ2v) is 7.54. The number of aryl methyl sites for hydroxylation is 2. The number of hydrogen-bond acceptors (Lipinski definition) is 4. The highest BCUT2D eigenvalue weighted by atomic mass is 16.3. The maximum Gasteiger partial charge on any atom is 0.196 e. The minimum atomic E-state index is -0.0589. The Balaban J connectivity index is 1.88. The average molecular weight is 384 g/mol. The maximum atomic E-state index is 13.2. The van der Waals surface area contributed by atoms with E-state index >= 15 is 0 Å². The number of pyridine rings is 1. The Hall–Kier alpha value is -3.40. The van der Waals surface area contributed by atoms with Crippen molar-refractivity contribution in [1.82, 2.24) is 4.98 Å². The van der Waals surface area contributed by atoms with Crippen molar-refractivity contribution < 1.29 is 4.42 Å². The van der Waals surface area contributed by atoms with Gasteiger partial charge in [0.25, 0.3) is 0 Å². The van der Waals surface area contributed by atoms with Crippen LogP contribution in [-0.2, 0) is 0 Å². The third-order valence-electron chi connectivity index (χ3n) is 5.19. The molecule has 0 amide bonds. The zero-order chi connectivity index (χ0) is 20.5. The lowest BCUT2D eigenvalue weighted by molar-refractivity contribution is 0.605. The summed E-state index contributed by atoms with van der Waals surface area (Å²) in [6.45, 7) is 7.86. The van der Waals surface area contributed by atoms with Crippen molar-refractivity contribution in [1.29, 1.82) is 0 Å². The molecular formula is C25H24N2O2. The second kappa shape index (κ2) is 7.55. The molecular weight excluding hydrogens is 360 g/mol. The van der Waals surface area contributed by atoms with Gasteiger partial charge in [-0.15, -0.1) is 0 Å². The number of fused-ring (bicyclic) bond motifs is 1. The molecule has 0 radical (unpaired) electrons. The van der Waals surface area contributed by atoms with Gasteiger partial charge < -0.3 is 9.73 Å². The molecule has 4 rings (SSSR count). The molecule has 1 atom stereocenters. The Labute approximate surface area is 170 Å². The lowest BCUT2D eigenvalue weighted by Crippen LogP contribution is -2.12. The number of anilines is 1. The SMILES string of the molecule is Cc1cc([C@@H](C)Nc2ccc(C)nc2)c2oc(-c3ccccc3)c(C)c(=O)c2c1. The lowest BCUT2D eigenvalue weighted by atomic mass is 9.99. The number of nitrogens with zero attached hydrogens (tertiary/aromatic N) is 1. The van der Waals surface area contributed by atoms with E-state index in [-0.39, 0.29) is 11.5 Å². The van der Waals surface area contributed by atoms with Gasteiger partial charge in [0.1, 0.15) is 11.3 Å². The maximum absolute atomic E-state index is 13.2. The van der Waals surface area contributed by atoms with Crippen LogP contribution in [0.1, 0.15) is 35.3 Å². The highest BCUT2D eigenvalue weighted by molar-refractivity contribution is 5.84.